The highest BCUT2D eigenvalue weighted by Gasteiger charge is 2.16. The molecular weight excluding hydrogens is 306 g/mol. The Morgan fingerprint density at radius 3 is 2.86 bits per heavy atom. The van der Waals surface area contributed by atoms with Crippen molar-refractivity contribution < 1.29 is 8.42 Å². The van der Waals surface area contributed by atoms with Gasteiger partial charge in [-0.05, 0) is 43.3 Å². The number of thiophene rings is 1. The summed E-state index contributed by atoms with van der Waals surface area (Å²) in [5.74, 6) is 0. The molecule has 0 saturated carbocycles. The van der Waals surface area contributed by atoms with E-state index < -0.39 is 10.0 Å². The lowest BCUT2D eigenvalue weighted by atomic mass is 10.3. The number of hydrogen-bond acceptors (Lipinski definition) is 5. The molecule has 5 nitrogen and oxygen atoms in total. The summed E-state index contributed by atoms with van der Waals surface area (Å²) in [6.07, 6.45) is 4.16. The van der Waals surface area contributed by atoms with E-state index in [9.17, 15) is 8.42 Å². The zero-order chi connectivity index (χ0) is 15.1. The second-order valence-electron chi connectivity index (χ2n) is 4.51. The lowest BCUT2D eigenvalue weighted by molar-refractivity contribution is 0.583. The van der Waals surface area contributed by atoms with Gasteiger partial charge in [0.05, 0.1) is 0 Å². The fourth-order valence-corrected chi connectivity index (χ4v) is 4.20. The fraction of sp³-hybridized carbons (Fsp3) is 0.357. The first-order valence-electron chi connectivity index (χ1n) is 6.80. The average Bonchev–Trinajstić information content (AvgIpc) is 2.96. The number of hydrogen-bond donors (Lipinski definition) is 2. The minimum Gasteiger partial charge on any atom is -0.317 e. The van der Waals surface area contributed by atoms with Gasteiger partial charge >= 0.3 is 0 Å². The highest BCUT2D eigenvalue weighted by atomic mass is 32.2. The van der Waals surface area contributed by atoms with Crippen molar-refractivity contribution in [2.45, 2.75) is 24.1 Å². The third kappa shape index (κ3) is 4.89. The van der Waals surface area contributed by atoms with Crippen molar-refractivity contribution in [1.82, 2.24) is 15.0 Å². The maximum atomic E-state index is 12.2. The van der Waals surface area contributed by atoms with Gasteiger partial charge in [-0.2, -0.15) is 0 Å². The van der Waals surface area contributed by atoms with Crippen molar-refractivity contribution in [3.05, 3.63) is 47.1 Å². The first-order chi connectivity index (χ1) is 10.1. The molecule has 2 aromatic heterocycles. The molecule has 0 bridgehead atoms. The molecule has 0 aliphatic carbocycles. The molecule has 0 fully saturated rings. The Labute approximate surface area is 129 Å². The Hall–Kier alpha value is -1.28. The van der Waals surface area contributed by atoms with Crippen molar-refractivity contribution >= 4 is 21.4 Å². The van der Waals surface area contributed by atoms with Gasteiger partial charge in [0.25, 0.3) is 0 Å². The Kier molecular flexibility index (Phi) is 5.86. The standard InChI is InChI=1S/C14H19N3O2S2/c1-2-15-9-7-13-5-6-14(20-13)21(18,19)17-11-12-4-3-8-16-10-12/h3-6,8,10,15,17H,2,7,9,11H2,1H3. The molecular formula is C14H19N3O2S2. The second-order valence-corrected chi connectivity index (χ2v) is 7.67. The molecule has 0 aliphatic rings. The number of nitrogens with one attached hydrogen (secondary N) is 2. The van der Waals surface area contributed by atoms with Gasteiger partial charge < -0.3 is 5.32 Å². The zero-order valence-corrected chi connectivity index (χ0v) is 13.5. The van der Waals surface area contributed by atoms with Crippen molar-refractivity contribution in [2.24, 2.45) is 0 Å². The molecule has 0 saturated heterocycles. The lowest BCUT2D eigenvalue weighted by Gasteiger charge is -2.04. The molecule has 2 rings (SSSR count). The van der Waals surface area contributed by atoms with Crippen LogP contribution in [0.1, 0.15) is 17.4 Å². The smallest absolute Gasteiger partial charge is 0.250 e. The van der Waals surface area contributed by atoms with Crippen LogP contribution in [0.4, 0.5) is 0 Å². The highest BCUT2D eigenvalue weighted by molar-refractivity contribution is 7.91. The van der Waals surface area contributed by atoms with Crippen LogP contribution in [0.5, 0.6) is 0 Å². The van der Waals surface area contributed by atoms with Crippen LogP contribution in [-0.4, -0.2) is 26.5 Å². The van der Waals surface area contributed by atoms with E-state index in [-0.39, 0.29) is 6.54 Å². The Morgan fingerprint density at radius 2 is 2.14 bits per heavy atom. The summed E-state index contributed by atoms with van der Waals surface area (Å²) in [5, 5.41) is 3.23. The molecule has 0 spiro atoms. The minimum atomic E-state index is -3.45. The van der Waals surface area contributed by atoms with Gasteiger partial charge in [0, 0.05) is 23.8 Å². The number of nitrogens with zero attached hydrogens (tertiary/aromatic N) is 1. The second kappa shape index (κ2) is 7.65. The normalized spacial score (nSPS) is 11.7. The third-order valence-electron chi connectivity index (χ3n) is 2.89. The van der Waals surface area contributed by atoms with E-state index in [0.717, 1.165) is 30.0 Å². The van der Waals surface area contributed by atoms with E-state index in [1.165, 1.54) is 11.3 Å². The number of pyridine rings is 1. The first-order valence-corrected chi connectivity index (χ1v) is 9.10. The molecule has 0 aliphatic heterocycles. The molecule has 0 aromatic carbocycles. The molecule has 0 atom stereocenters. The van der Waals surface area contributed by atoms with E-state index in [4.69, 9.17) is 0 Å². The van der Waals surface area contributed by atoms with Gasteiger partial charge in [0.15, 0.2) is 0 Å². The van der Waals surface area contributed by atoms with Gasteiger partial charge in [-0.3, -0.25) is 4.98 Å². The van der Waals surface area contributed by atoms with Crippen LogP contribution >= 0.6 is 11.3 Å². The predicted octanol–water partition coefficient (Wildman–Crippen LogP) is 1.77. The van der Waals surface area contributed by atoms with Gasteiger partial charge in [0.1, 0.15) is 4.21 Å². The number of likely N-dealkylation sites (N-methyl/N-ethyl adjacent to an activating group) is 1. The molecule has 0 radical (unpaired) electrons. The fourth-order valence-electron chi connectivity index (χ4n) is 1.78. The van der Waals surface area contributed by atoms with Crippen LogP contribution in [0.2, 0.25) is 0 Å². The van der Waals surface area contributed by atoms with Crippen LogP contribution in [0.15, 0.2) is 40.9 Å². The topological polar surface area (TPSA) is 71.1 Å². The predicted molar refractivity (Wildman–Crippen MR) is 84.8 cm³/mol. The van der Waals surface area contributed by atoms with Crippen molar-refractivity contribution in [3.63, 3.8) is 0 Å². The van der Waals surface area contributed by atoms with Crippen LogP contribution in [0.25, 0.3) is 0 Å². The Balaban J connectivity index is 1.96. The van der Waals surface area contributed by atoms with Gasteiger partial charge in [-0.25, -0.2) is 13.1 Å². The number of sulfonamides is 1. The van der Waals surface area contributed by atoms with E-state index in [1.54, 1.807) is 24.5 Å². The van der Waals surface area contributed by atoms with Crippen LogP contribution < -0.4 is 10.0 Å². The van der Waals surface area contributed by atoms with Crippen molar-refractivity contribution in [1.29, 1.82) is 0 Å². The highest BCUT2D eigenvalue weighted by Crippen LogP contribution is 2.21. The maximum Gasteiger partial charge on any atom is 0.250 e. The van der Waals surface area contributed by atoms with Gasteiger partial charge in [-0.1, -0.05) is 13.0 Å². The molecule has 2 N–H and O–H groups in total. The van der Waals surface area contributed by atoms with Crippen molar-refractivity contribution in [3.8, 4) is 0 Å². The molecule has 0 unspecified atom stereocenters. The molecule has 2 heterocycles. The van der Waals surface area contributed by atoms with Crippen LogP contribution in [0, 0.1) is 0 Å². The van der Waals surface area contributed by atoms with Crippen molar-refractivity contribution in [2.75, 3.05) is 13.1 Å². The maximum absolute atomic E-state index is 12.2. The van der Waals surface area contributed by atoms with E-state index in [2.05, 4.69) is 15.0 Å². The molecule has 0 amide bonds. The summed E-state index contributed by atoms with van der Waals surface area (Å²) in [7, 11) is -3.45. The molecule has 7 heteroatoms. The summed E-state index contributed by atoms with van der Waals surface area (Å²) in [5.41, 5.74) is 0.838. The number of rotatable bonds is 8. The first kappa shape index (κ1) is 16.1. The summed E-state index contributed by atoms with van der Waals surface area (Å²) >= 11 is 1.32. The van der Waals surface area contributed by atoms with Crippen LogP contribution in [0.3, 0.4) is 0 Å². The summed E-state index contributed by atoms with van der Waals surface area (Å²) in [6, 6.07) is 7.16. The SMILES string of the molecule is CCNCCc1ccc(S(=O)(=O)NCc2cccnc2)s1. The molecule has 2 aromatic rings. The van der Waals surface area contributed by atoms with E-state index >= 15 is 0 Å². The molecule has 21 heavy (non-hydrogen) atoms. The average molecular weight is 325 g/mol. The quantitative estimate of drug-likeness (QED) is 0.726. The monoisotopic (exact) mass is 325 g/mol. The summed E-state index contributed by atoms with van der Waals surface area (Å²) in [6.45, 7) is 4.08. The lowest BCUT2D eigenvalue weighted by Crippen LogP contribution is -2.22. The van der Waals surface area contributed by atoms with Crippen LogP contribution in [-0.2, 0) is 23.0 Å². The van der Waals surface area contributed by atoms with E-state index in [0.29, 0.717) is 4.21 Å². The number of aromatic nitrogens is 1. The largest absolute Gasteiger partial charge is 0.317 e. The Morgan fingerprint density at radius 1 is 1.29 bits per heavy atom. The zero-order valence-electron chi connectivity index (χ0n) is 11.9. The Bertz CT molecular complexity index is 654. The van der Waals surface area contributed by atoms with E-state index in [1.807, 2.05) is 19.1 Å². The summed E-state index contributed by atoms with van der Waals surface area (Å²) < 4.78 is 27.4. The minimum absolute atomic E-state index is 0.251. The molecule has 114 valence electrons. The summed E-state index contributed by atoms with van der Waals surface area (Å²) in [4.78, 5) is 5.03. The van der Waals surface area contributed by atoms with Gasteiger partial charge in [-0.15, -0.1) is 11.3 Å². The third-order valence-corrected chi connectivity index (χ3v) is 5.93. The van der Waals surface area contributed by atoms with Gasteiger partial charge in [0.2, 0.25) is 10.0 Å².